The Kier molecular flexibility index (Phi) is 6.08. The van der Waals surface area contributed by atoms with Gasteiger partial charge in [0.2, 0.25) is 0 Å². The summed E-state index contributed by atoms with van der Waals surface area (Å²) >= 11 is 0. The molecule has 0 radical (unpaired) electrons. The Balaban J connectivity index is 3.09. The van der Waals surface area contributed by atoms with Crippen molar-refractivity contribution in [2.45, 2.75) is 40.2 Å². The van der Waals surface area contributed by atoms with E-state index in [-0.39, 0.29) is 29.1 Å². The third kappa shape index (κ3) is 4.40. The Morgan fingerprint density at radius 2 is 2.10 bits per heavy atom. The molecule has 0 aliphatic carbocycles. The zero-order valence-electron chi connectivity index (χ0n) is 12.8. The maximum atomic E-state index is 12.4. The van der Waals surface area contributed by atoms with Crippen molar-refractivity contribution in [2.75, 3.05) is 11.9 Å². The van der Waals surface area contributed by atoms with Crippen molar-refractivity contribution in [2.24, 2.45) is 5.92 Å². The molecule has 21 heavy (non-hydrogen) atoms. The number of rotatable bonds is 7. The Morgan fingerprint density at radius 1 is 1.43 bits per heavy atom. The molecule has 2 N–H and O–H groups in total. The van der Waals surface area contributed by atoms with Crippen LogP contribution in [0.5, 0.6) is 0 Å². The number of carbonyl (C=O) groups excluding carboxylic acids is 1. The summed E-state index contributed by atoms with van der Waals surface area (Å²) in [4.78, 5) is 26.6. The summed E-state index contributed by atoms with van der Waals surface area (Å²) in [7, 11) is 0. The van der Waals surface area contributed by atoms with Gasteiger partial charge < -0.3 is 10.6 Å². The quantitative estimate of drug-likeness (QED) is 0.595. The minimum absolute atomic E-state index is 0.0197. The van der Waals surface area contributed by atoms with Crippen LogP contribution in [0.1, 0.15) is 44.5 Å². The van der Waals surface area contributed by atoms with E-state index < -0.39 is 4.92 Å². The molecule has 7 nitrogen and oxygen atoms in total. The van der Waals surface area contributed by atoms with Crippen LogP contribution in [-0.2, 0) is 0 Å². The first-order chi connectivity index (χ1) is 9.90. The molecule has 0 aromatic carbocycles. The summed E-state index contributed by atoms with van der Waals surface area (Å²) in [5.41, 5.74) is 0.00421. The first kappa shape index (κ1) is 16.9. The standard InChI is InChI=1S/C14H22N4O3/c1-5-12(9(3)4)17-14(19)11-7-10(18(20)21)8-16-13(11)15-6-2/h7-9,12H,5-6H2,1-4H3,(H,15,16)(H,17,19). The molecule has 0 spiro atoms. The van der Waals surface area contributed by atoms with Crippen LogP contribution in [0.3, 0.4) is 0 Å². The molecule has 7 heteroatoms. The number of nitrogens with one attached hydrogen (secondary N) is 2. The molecule has 116 valence electrons. The van der Waals surface area contributed by atoms with Crippen LogP contribution in [0, 0.1) is 16.0 Å². The highest BCUT2D eigenvalue weighted by Gasteiger charge is 2.21. The van der Waals surface area contributed by atoms with Gasteiger partial charge in [0.05, 0.1) is 10.5 Å². The van der Waals surface area contributed by atoms with Crippen LogP contribution in [0.15, 0.2) is 12.3 Å². The maximum Gasteiger partial charge on any atom is 0.288 e. The summed E-state index contributed by atoms with van der Waals surface area (Å²) in [6.45, 7) is 8.47. The predicted molar refractivity (Wildman–Crippen MR) is 81.4 cm³/mol. The fourth-order valence-electron chi connectivity index (χ4n) is 2.02. The second-order valence-electron chi connectivity index (χ2n) is 5.11. The lowest BCUT2D eigenvalue weighted by molar-refractivity contribution is -0.385. The van der Waals surface area contributed by atoms with Crippen molar-refractivity contribution in [1.82, 2.24) is 10.3 Å². The van der Waals surface area contributed by atoms with E-state index in [9.17, 15) is 14.9 Å². The molecule has 1 aromatic heterocycles. The van der Waals surface area contributed by atoms with Crippen molar-refractivity contribution in [3.05, 3.63) is 27.9 Å². The normalized spacial score (nSPS) is 12.0. The van der Waals surface area contributed by atoms with Crippen molar-refractivity contribution in [1.29, 1.82) is 0 Å². The lowest BCUT2D eigenvalue weighted by atomic mass is 10.0. The molecule has 1 atom stereocenters. The fraction of sp³-hybridized carbons (Fsp3) is 0.571. The number of hydrogen-bond acceptors (Lipinski definition) is 5. The molecular formula is C14H22N4O3. The molecule has 1 aromatic rings. The van der Waals surface area contributed by atoms with Crippen molar-refractivity contribution in [3.8, 4) is 0 Å². The van der Waals surface area contributed by atoms with Crippen LogP contribution < -0.4 is 10.6 Å². The van der Waals surface area contributed by atoms with E-state index in [0.717, 1.165) is 12.6 Å². The second-order valence-corrected chi connectivity index (χ2v) is 5.11. The zero-order chi connectivity index (χ0) is 16.0. The molecule has 0 saturated heterocycles. The molecule has 0 aliphatic heterocycles. The van der Waals surface area contributed by atoms with E-state index in [4.69, 9.17) is 0 Å². The third-order valence-electron chi connectivity index (χ3n) is 3.23. The van der Waals surface area contributed by atoms with E-state index in [2.05, 4.69) is 15.6 Å². The predicted octanol–water partition coefficient (Wildman–Crippen LogP) is 2.59. The number of nitro groups is 1. The minimum Gasteiger partial charge on any atom is -0.370 e. The number of hydrogen-bond donors (Lipinski definition) is 2. The van der Waals surface area contributed by atoms with Crippen LogP contribution in [0.2, 0.25) is 0 Å². The lowest BCUT2D eigenvalue weighted by Gasteiger charge is -2.21. The SMILES string of the molecule is CCNc1ncc([N+](=O)[O-])cc1C(=O)NC(CC)C(C)C. The van der Waals surface area contributed by atoms with Crippen molar-refractivity contribution in [3.63, 3.8) is 0 Å². The smallest absolute Gasteiger partial charge is 0.288 e. The molecule has 1 unspecified atom stereocenters. The van der Waals surface area contributed by atoms with E-state index in [1.54, 1.807) is 0 Å². The van der Waals surface area contributed by atoms with Gasteiger partial charge in [-0.05, 0) is 19.3 Å². The third-order valence-corrected chi connectivity index (χ3v) is 3.23. The number of aromatic nitrogens is 1. The van der Waals surface area contributed by atoms with Gasteiger partial charge in [0.15, 0.2) is 0 Å². The van der Waals surface area contributed by atoms with Crippen LogP contribution in [0.4, 0.5) is 11.5 Å². The van der Waals surface area contributed by atoms with Crippen LogP contribution >= 0.6 is 0 Å². The monoisotopic (exact) mass is 294 g/mol. The molecule has 0 bridgehead atoms. The van der Waals surface area contributed by atoms with Crippen molar-refractivity contribution >= 4 is 17.4 Å². The van der Waals surface area contributed by atoms with E-state index in [1.807, 2.05) is 27.7 Å². The summed E-state index contributed by atoms with van der Waals surface area (Å²) < 4.78 is 0. The van der Waals surface area contributed by atoms with Gasteiger partial charge in [-0.2, -0.15) is 0 Å². The summed E-state index contributed by atoms with van der Waals surface area (Å²) in [6, 6.07) is 1.28. The number of carbonyl (C=O) groups is 1. The number of nitrogens with zero attached hydrogens (tertiary/aromatic N) is 2. The van der Waals surface area contributed by atoms with Gasteiger partial charge in [-0.15, -0.1) is 0 Å². The molecule has 0 fully saturated rings. The molecule has 0 saturated carbocycles. The highest BCUT2D eigenvalue weighted by atomic mass is 16.6. The second kappa shape index (κ2) is 7.56. The highest BCUT2D eigenvalue weighted by Crippen LogP contribution is 2.19. The average Bonchev–Trinajstić information content (AvgIpc) is 2.44. The van der Waals surface area contributed by atoms with Gasteiger partial charge >= 0.3 is 0 Å². The lowest BCUT2D eigenvalue weighted by Crippen LogP contribution is -2.38. The molecule has 1 heterocycles. The highest BCUT2D eigenvalue weighted by molar-refractivity contribution is 5.99. The molecule has 1 amide bonds. The Morgan fingerprint density at radius 3 is 2.57 bits per heavy atom. The largest absolute Gasteiger partial charge is 0.370 e. The van der Waals surface area contributed by atoms with Gasteiger partial charge in [0, 0.05) is 18.7 Å². The summed E-state index contributed by atoms with van der Waals surface area (Å²) in [5, 5.41) is 16.7. The van der Waals surface area contributed by atoms with Gasteiger partial charge in [0.1, 0.15) is 12.0 Å². The molecular weight excluding hydrogens is 272 g/mol. The van der Waals surface area contributed by atoms with E-state index >= 15 is 0 Å². The number of amides is 1. The minimum atomic E-state index is -0.556. The topological polar surface area (TPSA) is 97.2 Å². The van der Waals surface area contributed by atoms with Crippen molar-refractivity contribution < 1.29 is 9.72 Å². The molecule has 1 rings (SSSR count). The van der Waals surface area contributed by atoms with Gasteiger partial charge in [-0.3, -0.25) is 14.9 Å². The average molecular weight is 294 g/mol. The van der Waals surface area contributed by atoms with E-state index in [0.29, 0.717) is 12.4 Å². The summed E-state index contributed by atoms with van der Waals surface area (Å²) in [6.07, 6.45) is 1.94. The summed E-state index contributed by atoms with van der Waals surface area (Å²) in [5.74, 6) is 0.301. The Hall–Kier alpha value is -2.18. The first-order valence-corrected chi connectivity index (χ1v) is 7.09. The molecule has 0 aliphatic rings. The maximum absolute atomic E-state index is 12.4. The zero-order valence-corrected chi connectivity index (χ0v) is 12.8. The number of anilines is 1. The Bertz CT molecular complexity index is 517. The van der Waals surface area contributed by atoms with Gasteiger partial charge in [-0.25, -0.2) is 4.98 Å². The number of pyridine rings is 1. The van der Waals surface area contributed by atoms with Crippen LogP contribution in [-0.4, -0.2) is 28.4 Å². The van der Waals surface area contributed by atoms with Gasteiger partial charge in [0.25, 0.3) is 11.6 Å². The van der Waals surface area contributed by atoms with Gasteiger partial charge in [-0.1, -0.05) is 20.8 Å². The Labute approximate surface area is 124 Å². The first-order valence-electron chi connectivity index (χ1n) is 7.09. The van der Waals surface area contributed by atoms with E-state index in [1.165, 1.54) is 6.07 Å². The fourth-order valence-corrected chi connectivity index (χ4v) is 2.02. The van der Waals surface area contributed by atoms with Crippen LogP contribution in [0.25, 0.3) is 0 Å².